The van der Waals surface area contributed by atoms with Crippen LogP contribution in [0.25, 0.3) is 0 Å². The van der Waals surface area contributed by atoms with Crippen LogP contribution in [-0.4, -0.2) is 23.9 Å². The highest BCUT2D eigenvalue weighted by molar-refractivity contribution is 5.29. The molecule has 0 aromatic heterocycles. The van der Waals surface area contributed by atoms with Gasteiger partial charge in [-0.3, -0.25) is 0 Å². The Morgan fingerprint density at radius 3 is 2.76 bits per heavy atom. The minimum absolute atomic E-state index is 0.166. The number of ether oxygens (including phenoxy) is 1. The molecule has 1 aliphatic carbocycles. The molecule has 17 heavy (non-hydrogen) atoms. The van der Waals surface area contributed by atoms with Gasteiger partial charge in [0.2, 0.25) is 0 Å². The zero-order valence-electron chi connectivity index (χ0n) is 9.95. The zero-order valence-corrected chi connectivity index (χ0v) is 9.95. The number of benzene rings is 1. The van der Waals surface area contributed by atoms with Crippen LogP contribution in [0.15, 0.2) is 18.2 Å². The normalized spacial score (nSPS) is 18.8. The summed E-state index contributed by atoms with van der Waals surface area (Å²) in [6, 6.07) is 4.55. The summed E-state index contributed by atoms with van der Waals surface area (Å²) in [5, 5.41) is 10.2. The van der Waals surface area contributed by atoms with Crippen LogP contribution >= 0.6 is 0 Å². The topological polar surface area (TPSA) is 55.5 Å². The van der Waals surface area contributed by atoms with Crippen LogP contribution in [-0.2, 0) is 0 Å². The molecule has 0 amide bonds. The predicted molar refractivity (Wildman–Crippen MR) is 63.4 cm³/mol. The van der Waals surface area contributed by atoms with E-state index in [-0.39, 0.29) is 24.9 Å². The minimum atomic E-state index is -0.942. The number of rotatable bonds is 5. The van der Waals surface area contributed by atoms with Crippen molar-refractivity contribution in [2.45, 2.75) is 25.4 Å². The summed E-state index contributed by atoms with van der Waals surface area (Å²) >= 11 is 0. The van der Waals surface area contributed by atoms with E-state index in [1.807, 2.05) is 0 Å². The van der Waals surface area contributed by atoms with Gasteiger partial charge in [-0.2, -0.15) is 0 Å². The Morgan fingerprint density at radius 1 is 1.53 bits per heavy atom. The van der Waals surface area contributed by atoms with Gasteiger partial charge >= 0.3 is 0 Å². The largest absolute Gasteiger partial charge is 0.491 e. The van der Waals surface area contributed by atoms with Crippen LogP contribution in [0.3, 0.4) is 0 Å². The summed E-state index contributed by atoms with van der Waals surface area (Å²) in [5.41, 5.74) is 5.17. The van der Waals surface area contributed by atoms with Crippen LogP contribution in [0, 0.1) is 18.7 Å². The maximum Gasteiger partial charge on any atom is 0.126 e. The average molecular weight is 239 g/mol. The molecule has 1 aromatic carbocycles. The van der Waals surface area contributed by atoms with Gasteiger partial charge in [0.05, 0.1) is 0 Å². The molecule has 3 nitrogen and oxygen atoms in total. The maximum atomic E-state index is 13.1. The zero-order chi connectivity index (χ0) is 12.5. The molecule has 0 aliphatic heterocycles. The van der Waals surface area contributed by atoms with Gasteiger partial charge in [-0.25, -0.2) is 4.39 Å². The van der Waals surface area contributed by atoms with Crippen molar-refractivity contribution >= 4 is 0 Å². The lowest BCUT2D eigenvalue weighted by molar-refractivity contribution is -0.0162. The fourth-order valence-corrected chi connectivity index (χ4v) is 1.88. The molecule has 1 unspecified atom stereocenters. The summed E-state index contributed by atoms with van der Waals surface area (Å²) in [4.78, 5) is 0. The third kappa shape index (κ3) is 2.76. The third-order valence-corrected chi connectivity index (χ3v) is 3.31. The van der Waals surface area contributed by atoms with Gasteiger partial charge < -0.3 is 15.6 Å². The van der Waals surface area contributed by atoms with E-state index in [0.717, 1.165) is 12.8 Å². The fourth-order valence-electron chi connectivity index (χ4n) is 1.88. The first-order valence-electron chi connectivity index (χ1n) is 5.86. The van der Waals surface area contributed by atoms with Crippen molar-refractivity contribution in [1.29, 1.82) is 0 Å². The van der Waals surface area contributed by atoms with Gasteiger partial charge in [-0.1, -0.05) is 0 Å². The highest BCUT2D eigenvalue weighted by Gasteiger charge is 2.43. The highest BCUT2D eigenvalue weighted by Crippen LogP contribution is 2.39. The van der Waals surface area contributed by atoms with Crippen LogP contribution in [0.2, 0.25) is 0 Å². The second kappa shape index (κ2) is 4.63. The molecule has 2 rings (SSSR count). The van der Waals surface area contributed by atoms with Crippen molar-refractivity contribution in [2.24, 2.45) is 11.7 Å². The summed E-state index contributed by atoms with van der Waals surface area (Å²) in [5.74, 6) is 0.555. The van der Waals surface area contributed by atoms with E-state index in [9.17, 15) is 9.50 Å². The molecule has 0 radical (unpaired) electrons. The molecule has 1 aromatic rings. The van der Waals surface area contributed by atoms with Gasteiger partial charge in [0.1, 0.15) is 23.8 Å². The van der Waals surface area contributed by atoms with Crippen molar-refractivity contribution in [3.8, 4) is 5.75 Å². The van der Waals surface area contributed by atoms with Crippen molar-refractivity contribution in [2.75, 3.05) is 13.2 Å². The number of halogens is 1. The van der Waals surface area contributed by atoms with Crippen LogP contribution in [0.4, 0.5) is 4.39 Å². The van der Waals surface area contributed by atoms with Gasteiger partial charge in [0.25, 0.3) is 0 Å². The second-order valence-electron chi connectivity index (χ2n) is 4.78. The average Bonchev–Trinajstić information content (AvgIpc) is 3.14. The number of hydrogen-bond donors (Lipinski definition) is 2. The van der Waals surface area contributed by atoms with E-state index in [1.165, 1.54) is 6.07 Å². The Labute approximate surface area is 100 Å². The standard InChI is InChI=1S/C13H18FNO2/c1-9-6-11(4-5-12(9)14)17-8-13(16,7-15)10-2-3-10/h4-6,10,16H,2-3,7-8,15H2,1H3. The third-order valence-electron chi connectivity index (χ3n) is 3.31. The van der Waals surface area contributed by atoms with Gasteiger partial charge in [-0.05, 0) is 49.4 Å². The van der Waals surface area contributed by atoms with Crippen molar-refractivity contribution < 1.29 is 14.2 Å². The van der Waals surface area contributed by atoms with Crippen LogP contribution < -0.4 is 10.5 Å². The van der Waals surface area contributed by atoms with Crippen LogP contribution in [0.1, 0.15) is 18.4 Å². The molecule has 4 heteroatoms. The quantitative estimate of drug-likeness (QED) is 0.820. The molecule has 0 spiro atoms. The molecule has 1 aliphatic rings. The van der Waals surface area contributed by atoms with Crippen molar-refractivity contribution in [1.82, 2.24) is 0 Å². The predicted octanol–water partition coefficient (Wildman–Crippen LogP) is 1.61. The molecule has 1 atom stereocenters. The summed E-state index contributed by atoms with van der Waals surface area (Å²) in [7, 11) is 0. The summed E-state index contributed by atoms with van der Waals surface area (Å²) in [6.45, 7) is 2.04. The molecule has 0 bridgehead atoms. The first-order chi connectivity index (χ1) is 8.05. The van der Waals surface area contributed by atoms with Crippen molar-refractivity contribution in [3.63, 3.8) is 0 Å². The van der Waals surface area contributed by atoms with Gasteiger partial charge in [0, 0.05) is 6.54 Å². The summed E-state index contributed by atoms with van der Waals surface area (Å²) < 4.78 is 18.6. The number of aryl methyl sites for hydroxylation is 1. The Bertz CT molecular complexity index is 406. The molecular weight excluding hydrogens is 221 g/mol. The van der Waals surface area contributed by atoms with E-state index in [4.69, 9.17) is 10.5 Å². The number of aliphatic hydroxyl groups is 1. The fraction of sp³-hybridized carbons (Fsp3) is 0.538. The first kappa shape index (κ1) is 12.3. The van der Waals surface area contributed by atoms with E-state index < -0.39 is 5.60 Å². The Kier molecular flexibility index (Phi) is 3.35. The Balaban J connectivity index is 1.98. The van der Waals surface area contributed by atoms with E-state index in [0.29, 0.717) is 11.3 Å². The smallest absolute Gasteiger partial charge is 0.126 e. The van der Waals surface area contributed by atoms with Crippen LogP contribution in [0.5, 0.6) is 5.75 Å². The highest BCUT2D eigenvalue weighted by atomic mass is 19.1. The molecule has 0 heterocycles. The lowest BCUT2D eigenvalue weighted by Gasteiger charge is -2.26. The van der Waals surface area contributed by atoms with Crippen molar-refractivity contribution in [3.05, 3.63) is 29.6 Å². The lowest BCUT2D eigenvalue weighted by atomic mass is 9.99. The van der Waals surface area contributed by atoms with E-state index >= 15 is 0 Å². The molecule has 94 valence electrons. The lowest BCUT2D eigenvalue weighted by Crippen LogP contribution is -2.45. The molecule has 1 saturated carbocycles. The maximum absolute atomic E-state index is 13.1. The Hall–Kier alpha value is -1.13. The minimum Gasteiger partial charge on any atom is -0.491 e. The molecule has 0 saturated heterocycles. The van der Waals surface area contributed by atoms with E-state index in [1.54, 1.807) is 19.1 Å². The van der Waals surface area contributed by atoms with E-state index in [2.05, 4.69) is 0 Å². The second-order valence-corrected chi connectivity index (χ2v) is 4.78. The number of nitrogens with two attached hydrogens (primary N) is 1. The van der Waals surface area contributed by atoms with Gasteiger partial charge in [-0.15, -0.1) is 0 Å². The summed E-state index contributed by atoms with van der Waals surface area (Å²) in [6.07, 6.45) is 2.00. The number of hydrogen-bond acceptors (Lipinski definition) is 3. The molecule has 1 fully saturated rings. The monoisotopic (exact) mass is 239 g/mol. The van der Waals surface area contributed by atoms with Gasteiger partial charge in [0.15, 0.2) is 0 Å². The SMILES string of the molecule is Cc1cc(OCC(O)(CN)C2CC2)ccc1F. The first-order valence-corrected chi connectivity index (χ1v) is 5.86. The molecule has 3 N–H and O–H groups in total. The molecular formula is C13H18FNO2. The Morgan fingerprint density at radius 2 is 2.24 bits per heavy atom.